The second kappa shape index (κ2) is 10.6. The number of esters is 1. The first-order chi connectivity index (χ1) is 14.8. The molecule has 1 aliphatic rings. The SMILES string of the molecule is CO[C@@H]1O[C@H](COC(=O)c2cc(Cl)c(OCc3ccncc3)c(Cl)c2)[C@@H](O)[C@H](O)[C@H]1O. The molecule has 0 bridgehead atoms. The summed E-state index contributed by atoms with van der Waals surface area (Å²) in [6.07, 6.45) is -3.48. The van der Waals surface area contributed by atoms with Crippen LogP contribution in [0.1, 0.15) is 15.9 Å². The first kappa shape index (κ1) is 23.7. The number of benzene rings is 1. The third-order valence-electron chi connectivity index (χ3n) is 4.65. The maximum Gasteiger partial charge on any atom is 0.338 e. The number of aliphatic hydroxyl groups excluding tert-OH is 3. The summed E-state index contributed by atoms with van der Waals surface area (Å²) in [4.78, 5) is 16.3. The van der Waals surface area contributed by atoms with Gasteiger partial charge >= 0.3 is 5.97 Å². The Morgan fingerprint density at radius 2 is 1.74 bits per heavy atom. The van der Waals surface area contributed by atoms with E-state index in [0.29, 0.717) is 0 Å². The molecule has 1 fully saturated rings. The van der Waals surface area contributed by atoms with Gasteiger partial charge in [0.05, 0.1) is 15.6 Å². The third kappa shape index (κ3) is 5.64. The molecule has 31 heavy (non-hydrogen) atoms. The number of nitrogens with zero attached hydrogens (tertiary/aromatic N) is 1. The van der Waals surface area contributed by atoms with Crippen molar-refractivity contribution in [3.8, 4) is 5.75 Å². The van der Waals surface area contributed by atoms with Crippen molar-refractivity contribution in [3.63, 3.8) is 0 Å². The van der Waals surface area contributed by atoms with Crippen molar-refractivity contribution in [1.82, 2.24) is 4.98 Å². The van der Waals surface area contributed by atoms with Gasteiger partial charge in [-0.25, -0.2) is 4.79 Å². The fourth-order valence-electron chi connectivity index (χ4n) is 2.94. The van der Waals surface area contributed by atoms with Crippen molar-refractivity contribution in [3.05, 3.63) is 57.8 Å². The van der Waals surface area contributed by atoms with E-state index < -0.39 is 43.3 Å². The number of methoxy groups -OCH3 is 1. The summed E-state index contributed by atoms with van der Waals surface area (Å²) in [6.45, 7) is -0.198. The predicted octanol–water partition coefficient (Wildman–Crippen LogP) is 1.58. The van der Waals surface area contributed by atoms with Crippen LogP contribution in [0.25, 0.3) is 0 Å². The minimum atomic E-state index is -1.52. The number of ether oxygens (including phenoxy) is 4. The molecule has 0 spiro atoms. The van der Waals surface area contributed by atoms with Crippen molar-refractivity contribution in [2.75, 3.05) is 13.7 Å². The summed E-state index contributed by atoms with van der Waals surface area (Å²) < 4.78 is 21.0. The molecule has 1 aliphatic heterocycles. The minimum Gasteiger partial charge on any atom is -0.486 e. The molecular weight excluding hydrogens is 453 g/mol. The molecule has 5 atom stereocenters. The Hall–Kier alpha value is -1.98. The van der Waals surface area contributed by atoms with Gasteiger partial charge in [0.25, 0.3) is 0 Å². The van der Waals surface area contributed by atoms with Crippen LogP contribution in [0.5, 0.6) is 5.75 Å². The highest BCUT2D eigenvalue weighted by Crippen LogP contribution is 2.35. The Bertz CT molecular complexity index is 875. The normalized spacial score (nSPS) is 25.8. The smallest absolute Gasteiger partial charge is 0.338 e. The standard InChI is InChI=1S/C20H21Cl2NO8/c1-28-20-17(26)16(25)15(24)14(31-20)9-30-19(27)11-6-12(21)18(13(22)7-11)29-8-10-2-4-23-5-3-10/h2-7,14-17,20,24-26H,8-9H2,1H3/t14-,15-,16+,17-,20-/m1/s1. The summed E-state index contributed by atoms with van der Waals surface area (Å²) in [7, 11) is 1.27. The quantitative estimate of drug-likeness (QED) is 0.513. The van der Waals surface area contributed by atoms with Gasteiger partial charge in [-0.15, -0.1) is 0 Å². The number of aromatic nitrogens is 1. The number of carbonyl (C=O) groups excluding carboxylic acids is 1. The summed E-state index contributed by atoms with van der Waals surface area (Å²) in [6, 6.07) is 6.23. The van der Waals surface area contributed by atoms with Gasteiger partial charge in [0.15, 0.2) is 12.0 Å². The zero-order chi connectivity index (χ0) is 22.5. The van der Waals surface area contributed by atoms with Crippen molar-refractivity contribution in [1.29, 1.82) is 0 Å². The maximum atomic E-state index is 12.4. The summed E-state index contributed by atoms with van der Waals surface area (Å²) in [5, 5.41) is 29.9. The van der Waals surface area contributed by atoms with E-state index in [1.54, 1.807) is 24.5 Å². The van der Waals surface area contributed by atoms with Crippen LogP contribution in [-0.2, 0) is 20.8 Å². The van der Waals surface area contributed by atoms with Gasteiger partial charge in [0.1, 0.15) is 37.6 Å². The van der Waals surface area contributed by atoms with E-state index in [4.69, 9.17) is 42.1 Å². The molecule has 11 heteroatoms. The molecule has 0 aliphatic carbocycles. The molecular formula is C20H21Cl2NO8. The van der Waals surface area contributed by atoms with E-state index in [1.807, 2.05) is 0 Å². The molecule has 0 amide bonds. The molecule has 0 radical (unpaired) electrons. The molecule has 3 rings (SSSR count). The van der Waals surface area contributed by atoms with Gasteiger partial charge in [-0.05, 0) is 29.8 Å². The number of aliphatic hydroxyl groups is 3. The molecule has 1 aromatic heterocycles. The van der Waals surface area contributed by atoms with Gasteiger partial charge < -0.3 is 34.3 Å². The molecule has 3 N–H and O–H groups in total. The Balaban J connectivity index is 1.63. The van der Waals surface area contributed by atoms with Crippen molar-refractivity contribution in [2.24, 2.45) is 0 Å². The van der Waals surface area contributed by atoms with Gasteiger partial charge in [-0.3, -0.25) is 4.98 Å². The van der Waals surface area contributed by atoms with Gasteiger partial charge in [0, 0.05) is 19.5 Å². The zero-order valence-electron chi connectivity index (χ0n) is 16.4. The highest BCUT2D eigenvalue weighted by molar-refractivity contribution is 6.37. The molecule has 1 aromatic carbocycles. The predicted molar refractivity (Wildman–Crippen MR) is 109 cm³/mol. The second-order valence-electron chi connectivity index (χ2n) is 6.76. The number of hydrogen-bond donors (Lipinski definition) is 3. The monoisotopic (exact) mass is 473 g/mol. The number of carbonyl (C=O) groups is 1. The van der Waals surface area contributed by atoms with Crippen LogP contribution in [-0.4, -0.2) is 70.7 Å². The van der Waals surface area contributed by atoms with Crippen LogP contribution < -0.4 is 4.74 Å². The first-order valence-corrected chi connectivity index (χ1v) is 9.97. The molecule has 0 saturated carbocycles. The Morgan fingerprint density at radius 1 is 1.10 bits per heavy atom. The molecule has 2 aromatic rings. The molecule has 2 heterocycles. The first-order valence-electron chi connectivity index (χ1n) is 9.22. The zero-order valence-corrected chi connectivity index (χ0v) is 17.9. The van der Waals surface area contributed by atoms with E-state index >= 15 is 0 Å². The average Bonchev–Trinajstić information content (AvgIpc) is 2.77. The number of halogens is 2. The number of pyridine rings is 1. The van der Waals surface area contributed by atoms with E-state index in [1.165, 1.54) is 19.2 Å². The van der Waals surface area contributed by atoms with Crippen LogP contribution in [0.4, 0.5) is 0 Å². The summed E-state index contributed by atoms with van der Waals surface area (Å²) >= 11 is 12.4. The maximum absolute atomic E-state index is 12.4. The molecule has 9 nitrogen and oxygen atoms in total. The Kier molecular flexibility index (Phi) is 8.06. The lowest BCUT2D eigenvalue weighted by atomic mass is 9.99. The van der Waals surface area contributed by atoms with E-state index in [-0.39, 0.29) is 28.0 Å². The van der Waals surface area contributed by atoms with Crippen LogP contribution in [0.2, 0.25) is 10.0 Å². The molecule has 0 unspecified atom stereocenters. The fraction of sp³-hybridized carbons (Fsp3) is 0.400. The van der Waals surface area contributed by atoms with Crippen LogP contribution in [0.3, 0.4) is 0 Å². The Labute approximate surface area is 188 Å². The van der Waals surface area contributed by atoms with Crippen LogP contribution in [0.15, 0.2) is 36.7 Å². The summed E-state index contributed by atoms with van der Waals surface area (Å²) in [5.74, 6) is -0.572. The van der Waals surface area contributed by atoms with Crippen molar-refractivity contribution in [2.45, 2.75) is 37.3 Å². The minimum absolute atomic E-state index is 0.0560. The highest BCUT2D eigenvalue weighted by atomic mass is 35.5. The van der Waals surface area contributed by atoms with E-state index in [2.05, 4.69) is 4.98 Å². The largest absolute Gasteiger partial charge is 0.486 e. The van der Waals surface area contributed by atoms with Gasteiger partial charge in [0.2, 0.25) is 0 Å². The third-order valence-corrected chi connectivity index (χ3v) is 5.21. The fourth-order valence-corrected chi connectivity index (χ4v) is 3.54. The van der Waals surface area contributed by atoms with Gasteiger partial charge in [-0.1, -0.05) is 23.2 Å². The topological polar surface area (TPSA) is 128 Å². The Morgan fingerprint density at radius 3 is 2.35 bits per heavy atom. The van der Waals surface area contributed by atoms with Gasteiger partial charge in [-0.2, -0.15) is 0 Å². The van der Waals surface area contributed by atoms with E-state index in [0.717, 1.165) is 5.56 Å². The second-order valence-corrected chi connectivity index (χ2v) is 7.58. The van der Waals surface area contributed by atoms with E-state index in [9.17, 15) is 20.1 Å². The number of rotatable bonds is 7. The highest BCUT2D eigenvalue weighted by Gasteiger charge is 2.44. The lowest BCUT2D eigenvalue weighted by Crippen LogP contribution is -2.59. The van der Waals surface area contributed by atoms with Crippen molar-refractivity contribution >= 4 is 29.2 Å². The van der Waals surface area contributed by atoms with Crippen LogP contribution in [0, 0.1) is 0 Å². The van der Waals surface area contributed by atoms with Crippen LogP contribution >= 0.6 is 23.2 Å². The molecule has 1 saturated heterocycles. The lowest BCUT2D eigenvalue weighted by Gasteiger charge is -2.39. The summed E-state index contributed by atoms with van der Waals surface area (Å²) in [5.41, 5.74) is 0.916. The average molecular weight is 474 g/mol. The number of hydrogen-bond acceptors (Lipinski definition) is 9. The molecule has 168 valence electrons. The van der Waals surface area contributed by atoms with Crippen molar-refractivity contribution < 1.29 is 39.1 Å². The lowest BCUT2D eigenvalue weighted by molar-refractivity contribution is -0.294.